The van der Waals surface area contributed by atoms with Gasteiger partial charge in [-0.25, -0.2) is 4.79 Å². The van der Waals surface area contributed by atoms with Crippen LogP contribution in [-0.4, -0.2) is 35.1 Å². The standard InChI is InChI=1S/C16H32O4Si/c1-5-7-12-19-21(20-13-8-6-2)14-10-9-11-18-16(17)15(3)4/h21H,3,5-14H2,1-2,4H3. The number of carbonyl (C=O) groups is 1. The number of hydrogen-bond acceptors (Lipinski definition) is 4. The molecule has 0 N–H and O–H groups in total. The van der Waals surface area contributed by atoms with Crippen LogP contribution in [0.3, 0.4) is 0 Å². The van der Waals surface area contributed by atoms with Crippen LogP contribution in [0, 0.1) is 0 Å². The van der Waals surface area contributed by atoms with E-state index in [2.05, 4.69) is 20.4 Å². The first-order valence-corrected chi connectivity index (χ1v) is 9.93. The molecular weight excluding hydrogens is 284 g/mol. The van der Waals surface area contributed by atoms with Gasteiger partial charge >= 0.3 is 15.3 Å². The van der Waals surface area contributed by atoms with E-state index in [0.29, 0.717) is 12.2 Å². The van der Waals surface area contributed by atoms with Crippen LogP contribution < -0.4 is 0 Å². The summed E-state index contributed by atoms with van der Waals surface area (Å²) in [5.74, 6) is -0.304. The average molecular weight is 317 g/mol. The predicted octanol–water partition coefficient (Wildman–Crippen LogP) is 3.74. The molecule has 124 valence electrons. The molecule has 0 rings (SSSR count). The zero-order valence-electron chi connectivity index (χ0n) is 14.0. The smallest absolute Gasteiger partial charge is 0.333 e. The minimum atomic E-state index is -1.54. The lowest BCUT2D eigenvalue weighted by atomic mass is 10.3. The van der Waals surface area contributed by atoms with Crippen LogP contribution in [0.15, 0.2) is 12.2 Å². The number of carbonyl (C=O) groups excluding carboxylic acids is 1. The van der Waals surface area contributed by atoms with Gasteiger partial charge in [-0.3, -0.25) is 0 Å². The van der Waals surface area contributed by atoms with Crippen LogP contribution in [0.25, 0.3) is 0 Å². The van der Waals surface area contributed by atoms with Gasteiger partial charge in [-0.1, -0.05) is 33.3 Å². The quantitative estimate of drug-likeness (QED) is 0.212. The van der Waals surface area contributed by atoms with E-state index in [1.54, 1.807) is 6.92 Å². The summed E-state index contributed by atoms with van der Waals surface area (Å²) in [5, 5.41) is 0. The van der Waals surface area contributed by atoms with Crippen LogP contribution >= 0.6 is 0 Å². The number of unbranched alkanes of at least 4 members (excludes halogenated alkanes) is 3. The Morgan fingerprint density at radius 3 is 2.00 bits per heavy atom. The maximum atomic E-state index is 11.2. The van der Waals surface area contributed by atoms with Crippen LogP contribution in [0.2, 0.25) is 6.04 Å². The van der Waals surface area contributed by atoms with E-state index in [1.165, 1.54) is 0 Å². The van der Waals surface area contributed by atoms with E-state index in [-0.39, 0.29) is 5.97 Å². The number of esters is 1. The third-order valence-electron chi connectivity index (χ3n) is 3.02. The fourth-order valence-corrected chi connectivity index (χ4v) is 3.54. The molecule has 5 heteroatoms. The molecule has 0 saturated carbocycles. The van der Waals surface area contributed by atoms with E-state index in [1.807, 2.05) is 0 Å². The highest BCUT2D eigenvalue weighted by Gasteiger charge is 2.13. The maximum absolute atomic E-state index is 11.2. The van der Waals surface area contributed by atoms with Crippen molar-refractivity contribution in [3.63, 3.8) is 0 Å². The molecule has 0 aliphatic carbocycles. The molecular formula is C16H32O4Si. The zero-order chi connectivity index (χ0) is 15.9. The molecule has 0 bridgehead atoms. The molecule has 0 amide bonds. The van der Waals surface area contributed by atoms with Gasteiger partial charge in [0.15, 0.2) is 0 Å². The van der Waals surface area contributed by atoms with Crippen molar-refractivity contribution in [2.75, 3.05) is 19.8 Å². The molecule has 0 atom stereocenters. The Kier molecular flexibility index (Phi) is 13.8. The van der Waals surface area contributed by atoms with Crippen molar-refractivity contribution in [2.45, 2.75) is 65.3 Å². The maximum Gasteiger partial charge on any atom is 0.333 e. The first-order chi connectivity index (χ1) is 10.1. The molecule has 0 aromatic rings. The summed E-state index contributed by atoms with van der Waals surface area (Å²) in [5.41, 5.74) is 0.452. The lowest BCUT2D eigenvalue weighted by molar-refractivity contribution is -0.139. The molecule has 0 aromatic heterocycles. The third kappa shape index (κ3) is 12.8. The number of hydrogen-bond donors (Lipinski definition) is 0. The van der Waals surface area contributed by atoms with Gasteiger partial charge in [0.25, 0.3) is 0 Å². The lowest BCUT2D eigenvalue weighted by Gasteiger charge is -2.16. The number of rotatable bonds is 14. The Balaban J connectivity index is 3.77. The Morgan fingerprint density at radius 2 is 1.52 bits per heavy atom. The molecule has 4 nitrogen and oxygen atoms in total. The predicted molar refractivity (Wildman–Crippen MR) is 88.7 cm³/mol. The van der Waals surface area contributed by atoms with Crippen LogP contribution in [0.4, 0.5) is 0 Å². The summed E-state index contributed by atoms with van der Waals surface area (Å²) < 4.78 is 16.9. The van der Waals surface area contributed by atoms with E-state index < -0.39 is 9.28 Å². The average Bonchev–Trinajstić information content (AvgIpc) is 2.46. The minimum Gasteiger partial charge on any atom is -0.462 e. The second-order valence-electron chi connectivity index (χ2n) is 5.29. The Bertz CT molecular complexity index is 271. The normalized spacial score (nSPS) is 10.9. The van der Waals surface area contributed by atoms with E-state index in [9.17, 15) is 4.79 Å². The van der Waals surface area contributed by atoms with Crippen molar-refractivity contribution < 1.29 is 18.4 Å². The monoisotopic (exact) mass is 316 g/mol. The highest BCUT2D eigenvalue weighted by atomic mass is 28.3. The van der Waals surface area contributed by atoms with Crippen LogP contribution in [-0.2, 0) is 18.4 Å². The van der Waals surface area contributed by atoms with Crippen molar-refractivity contribution in [1.82, 2.24) is 0 Å². The molecule has 0 heterocycles. The van der Waals surface area contributed by atoms with Crippen molar-refractivity contribution in [2.24, 2.45) is 0 Å². The number of ether oxygens (including phenoxy) is 1. The molecule has 0 radical (unpaired) electrons. The molecule has 0 aromatic carbocycles. The van der Waals surface area contributed by atoms with Crippen LogP contribution in [0.1, 0.15) is 59.3 Å². The van der Waals surface area contributed by atoms with Crippen molar-refractivity contribution in [3.05, 3.63) is 12.2 Å². The van der Waals surface area contributed by atoms with Crippen molar-refractivity contribution in [3.8, 4) is 0 Å². The molecule has 0 unspecified atom stereocenters. The topological polar surface area (TPSA) is 44.8 Å². The fourth-order valence-electron chi connectivity index (χ4n) is 1.63. The van der Waals surface area contributed by atoms with Gasteiger partial charge < -0.3 is 13.6 Å². The molecule has 0 fully saturated rings. The molecule has 0 saturated heterocycles. The molecule has 0 aliphatic heterocycles. The third-order valence-corrected chi connectivity index (χ3v) is 5.11. The van der Waals surface area contributed by atoms with Gasteiger partial charge in [-0.15, -0.1) is 0 Å². The van der Waals surface area contributed by atoms with Gasteiger partial charge in [0.2, 0.25) is 0 Å². The summed E-state index contributed by atoms with van der Waals surface area (Å²) in [6, 6.07) is 0.984. The Morgan fingerprint density at radius 1 is 0.952 bits per heavy atom. The summed E-state index contributed by atoms with van der Waals surface area (Å²) in [7, 11) is -1.54. The van der Waals surface area contributed by atoms with E-state index >= 15 is 0 Å². The summed E-state index contributed by atoms with van der Waals surface area (Å²) in [6.07, 6.45) is 6.32. The fraction of sp³-hybridized carbons (Fsp3) is 0.812. The SMILES string of the molecule is C=C(C)C(=O)OCCCC[SiH](OCCCC)OCCCC. The second kappa shape index (κ2) is 14.3. The van der Waals surface area contributed by atoms with Gasteiger partial charge in [0, 0.05) is 18.8 Å². The molecule has 0 aliphatic rings. The van der Waals surface area contributed by atoms with Crippen LogP contribution in [0.5, 0.6) is 0 Å². The molecule has 0 spiro atoms. The summed E-state index contributed by atoms with van der Waals surface area (Å²) in [6.45, 7) is 11.6. The highest BCUT2D eigenvalue weighted by molar-refractivity contribution is 6.44. The Hall–Kier alpha value is -0.653. The zero-order valence-corrected chi connectivity index (χ0v) is 15.1. The highest BCUT2D eigenvalue weighted by Crippen LogP contribution is 2.07. The lowest BCUT2D eigenvalue weighted by Crippen LogP contribution is -2.24. The second-order valence-corrected chi connectivity index (χ2v) is 7.39. The Labute approximate surface area is 131 Å². The van der Waals surface area contributed by atoms with Gasteiger partial charge in [-0.2, -0.15) is 0 Å². The van der Waals surface area contributed by atoms with Gasteiger partial charge in [0.05, 0.1) is 6.61 Å². The summed E-state index contributed by atoms with van der Waals surface area (Å²) in [4.78, 5) is 11.2. The summed E-state index contributed by atoms with van der Waals surface area (Å²) >= 11 is 0. The van der Waals surface area contributed by atoms with E-state index in [4.69, 9.17) is 13.6 Å². The minimum absolute atomic E-state index is 0.304. The first kappa shape index (κ1) is 20.3. The van der Waals surface area contributed by atoms with Gasteiger partial charge in [-0.05, 0) is 38.7 Å². The van der Waals surface area contributed by atoms with E-state index in [0.717, 1.165) is 57.8 Å². The molecule has 21 heavy (non-hydrogen) atoms. The first-order valence-electron chi connectivity index (χ1n) is 8.17. The van der Waals surface area contributed by atoms with Gasteiger partial charge in [0.1, 0.15) is 0 Å². The van der Waals surface area contributed by atoms with Crippen molar-refractivity contribution in [1.29, 1.82) is 0 Å². The van der Waals surface area contributed by atoms with Crippen molar-refractivity contribution >= 4 is 15.3 Å². The largest absolute Gasteiger partial charge is 0.462 e.